The number of fused-ring (bicyclic) bond motifs is 1. The number of aliphatic hydroxyl groups is 1. The molecule has 2 aromatic heterocycles. The minimum atomic E-state index is -0.610. The van der Waals surface area contributed by atoms with Gasteiger partial charge in [0.25, 0.3) is 5.88 Å². The van der Waals surface area contributed by atoms with Crippen LogP contribution >= 0.6 is 11.4 Å². The summed E-state index contributed by atoms with van der Waals surface area (Å²) in [6.07, 6.45) is 1.48. The van der Waals surface area contributed by atoms with Gasteiger partial charge in [0, 0.05) is 35.4 Å². The van der Waals surface area contributed by atoms with E-state index < -0.39 is 17.3 Å². The van der Waals surface area contributed by atoms with Crippen LogP contribution in [-0.4, -0.2) is 15.1 Å². The number of benzene rings is 2. The molecule has 0 aliphatic heterocycles. The summed E-state index contributed by atoms with van der Waals surface area (Å²) in [5.74, 6) is -0.583. The van der Waals surface area contributed by atoms with Gasteiger partial charge in [-0.3, -0.25) is 0 Å². The molecule has 0 aliphatic rings. The van der Waals surface area contributed by atoms with Crippen molar-refractivity contribution in [1.82, 2.24) is 4.98 Å². The average molecular weight is 470 g/mol. The van der Waals surface area contributed by atoms with Crippen molar-refractivity contribution < 1.29 is 23.0 Å². The van der Waals surface area contributed by atoms with Crippen LogP contribution in [0, 0.1) is 18.6 Å². The second-order valence-corrected chi connectivity index (χ2v) is 8.75. The smallest absolute Gasteiger partial charge is 0.340 e. The van der Waals surface area contributed by atoms with Crippen LogP contribution in [0.25, 0.3) is 11.0 Å². The molecule has 0 radical (unpaired) electrons. The highest BCUT2D eigenvalue weighted by Crippen LogP contribution is 2.29. The maximum atomic E-state index is 15.0. The van der Waals surface area contributed by atoms with E-state index >= 15 is 0 Å². The molecule has 0 aliphatic carbocycles. The number of aryl methyl sites for hydroxylation is 1. The van der Waals surface area contributed by atoms with Gasteiger partial charge in [0.05, 0.1) is 5.05 Å². The molecule has 0 unspecified atom stereocenters. The number of pyridine rings is 1. The highest BCUT2D eigenvalue weighted by molar-refractivity contribution is 7.97. The molecule has 0 bridgehead atoms. The van der Waals surface area contributed by atoms with E-state index in [2.05, 4.69) is 4.98 Å². The zero-order valence-corrected chi connectivity index (χ0v) is 18.8. The molecule has 4 aromatic rings. The molecule has 2 heterocycles. The molecule has 1 N–H and O–H groups in total. The molecule has 33 heavy (non-hydrogen) atoms. The molecule has 0 atom stereocenters. The summed E-state index contributed by atoms with van der Waals surface area (Å²) >= 11 is 0.622. The van der Waals surface area contributed by atoms with E-state index in [0.29, 0.717) is 44.7 Å². The van der Waals surface area contributed by atoms with Gasteiger partial charge in [-0.05, 0) is 54.8 Å². The van der Waals surface area contributed by atoms with E-state index in [-0.39, 0.29) is 28.7 Å². The molecule has 2 aromatic carbocycles. The van der Waals surface area contributed by atoms with Crippen LogP contribution in [-0.2, 0) is 12.2 Å². The number of nitrogens with zero attached hydrogens (tertiary/aromatic N) is 1. The minimum Gasteiger partial charge on any atom is -0.436 e. The molecule has 0 spiro atoms. The SMILES string of the molecule is CC(O)=[SH]Cc1cccc(Cc2c(C)c3ccc(Oc4ncccc4F)cc3oc2=O)c1F. The predicted molar refractivity (Wildman–Crippen MR) is 127 cm³/mol. The average Bonchev–Trinajstić information content (AvgIpc) is 2.78. The van der Waals surface area contributed by atoms with Crippen molar-refractivity contribution in [3.63, 3.8) is 0 Å². The second kappa shape index (κ2) is 9.64. The van der Waals surface area contributed by atoms with E-state index in [1.165, 1.54) is 24.4 Å². The number of hydrogen-bond acceptors (Lipinski definition) is 4. The van der Waals surface area contributed by atoms with Gasteiger partial charge in [0.15, 0.2) is 5.82 Å². The zero-order chi connectivity index (χ0) is 23.5. The van der Waals surface area contributed by atoms with Crippen molar-refractivity contribution in [1.29, 1.82) is 0 Å². The van der Waals surface area contributed by atoms with Crippen LogP contribution in [0.5, 0.6) is 11.6 Å². The standard InChI is InChI=1S/C25H21F2NO4S/c1-14-19-9-8-18(31-24-21(26)7-4-10-28-24)12-22(19)32-25(30)20(14)11-16-5-3-6-17(23(16)27)13-33-15(2)29/h3-10,12,29,33H,11,13H2,1-2H3. The van der Waals surface area contributed by atoms with Crippen molar-refractivity contribution in [3.8, 4) is 11.6 Å². The summed E-state index contributed by atoms with van der Waals surface area (Å²) in [4.78, 5) is 16.6. The Labute approximate surface area is 192 Å². The third-order valence-electron chi connectivity index (χ3n) is 5.20. The molecule has 0 saturated heterocycles. The Kier molecular flexibility index (Phi) is 6.67. The normalized spacial score (nSPS) is 12.0. The lowest BCUT2D eigenvalue weighted by Crippen LogP contribution is -2.12. The van der Waals surface area contributed by atoms with Gasteiger partial charge in [-0.15, -0.1) is 0 Å². The van der Waals surface area contributed by atoms with Gasteiger partial charge in [0.2, 0.25) is 0 Å². The van der Waals surface area contributed by atoms with Crippen molar-refractivity contribution in [2.24, 2.45) is 0 Å². The Bertz CT molecular complexity index is 1430. The van der Waals surface area contributed by atoms with Gasteiger partial charge in [-0.25, -0.2) is 18.6 Å². The Morgan fingerprint density at radius 3 is 2.70 bits per heavy atom. The fourth-order valence-corrected chi connectivity index (χ4v) is 4.13. The molecule has 8 heteroatoms. The highest BCUT2D eigenvalue weighted by Gasteiger charge is 2.16. The van der Waals surface area contributed by atoms with Gasteiger partial charge >= 0.3 is 5.63 Å². The van der Waals surface area contributed by atoms with Crippen LogP contribution < -0.4 is 10.4 Å². The van der Waals surface area contributed by atoms with Gasteiger partial charge in [-0.1, -0.05) is 18.2 Å². The maximum absolute atomic E-state index is 15.0. The number of hydrogen-bond donors (Lipinski definition) is 2. The Balaban J connectivity index is 1.68. The Hall–Kier alpha value is -3.36. The molecule has 0 fully saturated rings. The summed E-state index contributed by atoms with van der Waals surface area (Å²) in [6.45, 7) is 3.34. The summed E-state index contributed by atoms with van der Waals surface area (Å²) in [5.41, 5.74) is 1.55. The lowest BCUT2D eigenvalue weighted by molar-refractivity contribution is 0.422. The topological polar surface area (TPSA) is 72.6 Å². The van der Waals surface area contributed by atoms with Crippen molar-refractivity contribution in [2.75, 3.05) is 0 Å². The molecule has 4 rings (SSSR count). The van der Waals surface area contributed by atoms with E-state index in [1.54, 1.807) is 44.2 Å². The van der Waals surface area contributed by atoms with E-state index in [0.717, 1.165) is 0 Å². The largest absolute Gasteiger partial charge is 0.436 e. The van der Waals surface area contributed by atoms with Gasteiger partial charge in [0.1, 0.15) is 17.1 Å². The first kappa shape index (κ1) is 22.8. The summed E-state index contributed by atoms with van der Waals surface area (Å²) in [6, 6.07) is 12.5. The maximum Gasteiger partial charge on any atom is 0.340 e. The molecule has 5 nitrogen and oxygen atoms in total. The van der Waals surface area contributed by atoms with E-state index in [1.807, 2.05) is 0 Å². The van der Waals surface area contributed by atoms with Crippen LogP contribution in [0.15, 0.2) is 63.9 Å². The van der Waals surface area contributed by atoms with Crippen LogP contribution in [0.4, 0.5) is 8.78 Å². The molecule has 0 amide bonds. The summed E-state index contributed by atoms with van der Waals surface area (Å²) < 4.78 is 39.8. The number of rotatable bonds is 6. The Morgan fingerprint density at radius 1 is 1.15 bits per heavy atom. The number of thiol groups is 1. The zero-order valence-electron chi connectivity index (χ0n) is 17.9. The lowest BCUT2D eigenvalue weighted by atomic mass is 9.98. The number of aromatic nitrogens is 1. The predicted octanol–water partition coefficient (Wildman–Crippen LogP) is 5.83. The quantitative estimate of drug-likeness (QED) is 0.211. The second-order valence-electron chi connectivity index (χ2n) is 7.47. The van der Waals surface area contributed by atoms with Gasteiger partial charge in [-0.2, -0.15) is 11.4 Å². The van der Waals surface area contributed by atoms with Crippen molar-refractivity contribution in [3.05, 3.63) is 99.0 Å². The lowest BCUT2D eigenvalue weighted by Gasteiger charge is -2.11. The fourth-order valence-electron chi connectivity index (χ4n) is 3.48. The monoisotopic (exact) mass is 469 g/mol. The Morgan fingerprint density at radius 2 is 1.94 bits per heavy atom. The van der Waals surface area contributed by atoms with Crippen molar-refractivity contribution in [2.45, 2.75) is 26.0 Å². The van der Waals surface area contributed by atoms with E-state index in [9.17, 15) is 18.7 Å². The first-order chi connectivity index (χ1) is 15.8. The van der Waals surface area contributed by atoms with Crippen LogP contribution in [0.1, 0.15) is 29.2 Å². The number of ether oxygens (including phenoxy) is 1. The number of halogens is 2. The fraction of sp³-hybridized carbons (Fsp3) is 0.160. The molecular formula is C25H21F2NO4S. The highest BCUT2D eigenvalue weighted by atomic mass is 32.1. The van der Waals surface area contributed by atoms with E-state index in [4.69, 9.17) is 9.15 Å². The third kappa shape index (κ3) is 5.02. The molecule has 0 saturated carbocycles. The van der Waals surface area contributed by atoms with Crippen LogP contribution in [0.2, 0.25) is 0 Å². The third-order valence-corrected chi connectivity index (χ3v) is 6.16. The molecule has 170 valence electrons. The summed E-state index contributed by atoms with van der Waals surface area (Å²) in [5, 5.41) is 10.3. The minimum absolute atomic E-state index is 0.0693. The number of aliphatic hydroxyl groups excluding tert-OH is 1. The molecular weight excluding hydrogens is 448 g/mol. The van der Waals surface area contributed by atoms with Crippen molar-refractivity contribution >= 4 is 27.4 Å². The van der Waals surface area contributed by atoms with Crippen LogP contribution in [0.3, 0.4) is 0 Å². The van der Waals surface area contributed by atoms with Gasteiger partial charge < -0.3 is 14.3 Å². The summed E-state index contributed by atoms with van der Waals surface area (Å²) in [7, 11) is 0. The first-order valence-electron chi connectivity index (χ1n) is 10.1. The first-order valence-corrected chi connectivity index (χ1v) is 11.2.